The fraction of sp³-hybridized carbons (Fsp3) is 0.636. The van der Waals surface area contributed by atoms with Gasteiger partial charge in [0, 0.05) is 19.4 Å². The topological polar surface area (TPSA) is 16.8 Å². The second-order valence-electron chi connectivity index (χ2n) is 3.92. The Morgan fingerprint density at radius 1 is 1.08 bits per heavy atom. The zero-order chi connectivity index (χ0) is 10.2. The first-order valence-electron chi connectivity index (χ1n) is 4.81. The molecule has 1 rings (SSSR count). The van der Waals surface area contributed by atoms with Gasteiger partial charge in [-0.25, -0.2) is 4.57 Å². The number of hydrogen-bond donors (Lipinski definition) is 0. The lowest BCUT2D eigenvalue weighted by molar-refractivity contribution is -0.730. The van der Waals surface area contributed by atoms with Gasteiger partial charge in [-0.2, -0.15) is 0 Å². The molecule has 13 heavy (non-hydrogen) atoms. The Labute approximate surface area is 80.6 Å². The Balaban J connectivity index is 3.44. The van der Waals surface area contributed by atoms with Gasteiger partial charge in [-0.15, -0.1) is 0 Å². The van der Waals surface area contributed by atoms with E-state index in [4.69, 9.17) is 0 Å². The highest BCUT2D eigenvalue weighted by Crippen LogP contribution is 2.08. The molecule has 72 valence electrons. The average Bonchev–Trinajstić information content (AvgIpc) is 1.99. The van der Waals surface area contributed by atoms with Gasteiger partial charge in [0.2, 0.25) is 0 Å². The maximum atomic E-state index is 4.52. The second-order valence-corrected chi connectivity index (χ2v) is 3.92. The van der Waals surface area contributed by atoms with Crippen molar-refractivity contribution in [2.24, 2.45) is 0 Å². The van der Waals surface area contributed by atoms with Gasteiger partial charge < -0.3 is 0 Å². The van der Waals surface area contributed by atoms with Crippen molar-refractivity contribution in [3.63, 3.8) is 0 Å². The molecular weight excluding hydrogens is 160 g/mol. The lowest BCUT2D eigenvalue weighted by Crippen LogP contribution is -2.44. The molecule has 0 unspecified atom stereocenters. The third kappa shape index (κ3) is 1.71. The number of hydrogen-bond acceptors (Lipinski definition) is 1. The molecule has 1 heterocycles. The van der Waals surface area contributed by atoms with Crippen LogP contribution < -0.4 is 4.57 Å². The van der Waals surface area contributed by atoms with E-state index in [0.717, 1.165) is 11.5 Å². The van der Waals surface area contributed by atoms with Crippen LogP contribution in [0.25, 0.3) is 0 Å². The van der Waals surface area contributed by atoms with Crippen molar-refractivity contribution >= 4 is 0 Å². The SMILES string of the molecule is Cc1nc(C)[n+](C(C)C)c(C)c1C. The van der Waals surface area contributed by atoms with Crippen molar-refractivity contribution in [2.45, 2.75) is 47.6 Å². The number of aromatic nitrogens is 2. The van der Waals surface area contributed by atoms with Gasteiger partial charge in [-0.05, 0) is 27.7 Å². The molecule has 0 aliphatic rings. The summed E-state index contributed by atoms with van der Waals surface area (Å²) in [6, 6.07) is 0.492. The smallest absolute Gasteiger partial charge is 0.230 e. The van der Waals surface area contributed by atoms with E-state index in [1.807, 2.05) is 0 Å². The molecule has 2 nitrogen and oxygen atoms in total. The van der Waals surface area contributed by atoms with Gasteiger partial charge in [0.25, 0.3) is 5.82 Å². The van der Waals surface area contributed by atoms with E-state index in [1.165, 1.54) is 11.3 Å². The van der Waals surface area contributed by atoms with Gasteiger partial charge in [-0.3, -0.25) is 0 Å². The molecule has 2 heteroatoms. The molecular formula is C11H19N2+. The summed E-state index contributed by atoms with van der Waals surface area (Å²) in [4.78, 5) is 4.52. The lowest BCUT2D eigenvalue weighted by atomic mass is 10.1. The zero-order valence-electron chi connectivity index (χ0n) is 9.47. The van der Waals surface area contributed by atoms with Crippen molar-refractivity contribution in [3.05, 3.63) is 22.8 Å². The van der Waals surface area contributed by atoms with E-state index in [0.29, 0.717) is 6.04 Å². The number of rotatable bonds is 1. The molecule has 0 fully saturated rings. The van der Waals surface area contributed by atoms with Gasteiger partial charge in [-0.1, -0.05) is 4.98 Å². The number of nitrogens with zero attached hydrogens (tertiary/aromatic N) is 2. The first-order valence-corrected chi connectivity index (χ1v) is 4.81. The van der Waals surface area contributed by atoms with E-state index in [9.17, 15) is 0 Å². The van der Waals surface area contributed by atoms with E-state index < -0.39 is 0 Å². The summed E-state index contributed by atoms with van der Waals surface area (Å²) >= 11 is 0. The second kappa shape index (κ2) is 3.44. The van der Waals surface area contributed by atoms with Crippen LogP contribution >= 0.6 is 0 Å². The molecule has 0 aliphatic heterocycles. The molecule has 0 saturated carbocycles. The van der Waals surface area contributed by atoms with Crippen LogP contribution in [0, 0.1) is 27.7 Å². The Bertz CT molecular complexity index is 327. The van der Waals surface area contributed by atoms with Crippen LogP contribution in [0.15, 0.2) is 0 Å². The summed E-state index contributed by atoms with van der Waals surface area (Å²) in [5, 5.41) is 0. The quantitative estimate of drug-likeness (QED) is 0.604. The van der Waals surface area contributed by atoms with Crippen LogP contribution in [-0.4, -0.2) is 4.98 Å². The largest absolute Gasteiger partial charge is 0.295 e. The average molecular weight is 179 g/mol. The van der Waals surface area contributed by atoms with E-state index in [2.05, 4.69) is 51.1 Å². The van der Waals surface area contributed by atoms with Crippen molar-refractivity contribution in [1.29, 1.82) is 0 Å². The summed E-state index contributed by atoms with van der Waals surface area (Å²) < 4.78 is 2.28. The fourth-order valence-electron chi connectivity index (χ4n) is 1.83. The minimum Gasteiger partial charge on any atom is -0.230 e. The molecule has 0 aromatic carbocycles. The molecule has 0 spiro atoms. The highest BCUT2D eigenvalue weighted by atomic mass is 15.1. The van der Waals surface area contributed by atoms with Crippen molar-refractivity contribution in [2.75, 3.05) is 0 Å². The van der Waals surface area contributed by atoms with Gasteiger partial charge >= 0.3 is 0 Å². The molecule has 0 N–H and O–H groups in total. The molecule has 0 saturated heterocycles. The Morgan fingerprint density at radius 3 is 2.08 bits per heavy atom. The fourth-order valence-corrected chi connectivity index (χ4v) is 1.83. The molecule has 0 radical (unpaired) electrons. The van der Waals surface area contributed by atoms with Crippen LogP contribution in [-0.2, 0) is 0 Å². The molecule has 0 bridgehead atoms. The highest BCUT2D eigenvalue weighted by Gasteiger charge is 2.18. The summed E-state index contributed by atoms with van der Waals surface area (Å²) in [6.07, 6.45) is 0. The predicted molar refractivity (Wildman–Crippen MR) is 53.8 cm³/mol. The van der Waals surface area contributed by atoms with Crippen LogP contribution in [0.4, 0.5) is 0 Å². The summed E-state index contributed by atoms with van der Waals surface area (Å²) in [5.41, 5.74) is 3.78. The summed E-state index contributed by atoms with van der Waals surface area (Å²) in [7, 11) is 0. The lowest BCUT2D eigenvalue weighted by Gasteiger charge is -2.11. The standard InChI is InChI=1S/C11H19N2/c1-7(2)13-10(5)8(3)9(4)12-11(13)6/h7H,1-6H3/q+1. The zero-order valence-corrected chi connectivity index (χ0v) is 9.47. The number of aryl methyl sites for hydroxylation is 2. The normalized spacial score (nSPS) is 11.0. The van der Waals surface area contributed by atoms with E-state index >= 15 is 0 Å². The van der Waals surface area contributed by atoms with Gasteiger partial charge in [0.05, 0.1) is 6.04 Å². The van der Waals surface area contributed by atoms with E-state index in [1.54, 1.807) is 0 Å². The minimum absolute atomic E-state index is 0.492. The monoisotopic (exact) mass is 179 g/mol. The Morgan fingerprint density at radius 2 is 1.62 bits per heavy atom. The van der Waals surface area contributed by atoms with Crippen molar-refractivity contribution < 1.29 is 4.57 Å². The van der Waals surface area contributed by atoms with Crippen LogP contribution in [0.5, 0.6) is 0 Å². The highest BCUT2D eigenvalue weighted by molar-refractivity contribution is 5.18. The van der Waals surface area contributed by atoms with Crippen LogP contribution in [0.3, 0.4) is 0 Å². The molecule has 0 atom stereocenters. The van der Waals surface area contributed by atoms with Crippen LogP contribution in [0.1, 0.15) is 42.7 Å². The van der Waals surface area contributed by atoms with Gasteiger partial charge in [0.1, 0.15) is 5.69 Å². The predicted octanol–water partition coefficient (Wildman–Crippen LogP) is 2.18. The molecule has 1 aromatic rings. The summed E-state index contributed by atoms with van der Waals surface area (Å²) in [6.45, 7) is 12.8. The first-order chi connectivity index (χ1) is 5.95. The molecule has 0 amide bonds. The van der Waals surface area contributed by atoms with Crippen molar-refractivity contribution in [3.8, 4) is 0 Å². The Hall–Kier alpha value is -0.920. The third-order valence-electron chi connectivity index (χ3n) is 2.64. The first kappa shape index (κ1) is 10.2. The maximum Gasteiger partial charge on any atom is 0.295 e. The van der Waals surface area contributed by atoms with E-state index in [-0.39, 0.29) is 0 Å². The molecule has 0 aliphatic carbocycles. The van der Waals surface area contributed by atoms with Crippen LogP contribution in [0.2, 0.25) is 0 Å². The van der Waals surface area contributed by atoms with Crippen molar-refractivity contribution in [1.82, 2.24) is 4.98 Å². The minimum atomic E-state index is 0.492. The Kier molecular flexibility index (Phi) is 2.69. The maximum absolute atomic E-state index is 4.52. The molecule has 1 aromatic heterocycles. The van der Waals surface area contributed by atoms with Gasteiger partial charge in [0.15, 0.2) is 5.69 Å². The third-order valence-corrected chi connectivity index (χ3v) is 2.64. The summed E-state index contributed by atoms with van der Waals surface area (Å²) in [5.74, 6) is 1.11.